The van der Waals surface area contributed by atoms with Gasteiger partial charge >= 0.3 is 0 Å². The first kappa shape index (κ1) is 19.9. The van der Waals surface area contributed by atoms with E-state index in [9.17, 15) is 8.42 Å². The SMILES string of the molecule is COc1ccc(S(=O)(=O)N[C@H](c2ccccc2)c2ccc(C)cc2)cc1OC. The fourth-order valence-corrected chi connectivity index (χ4v) is 4.17. The van der Waals surface area contributed by atoms with Crippen molar-refractivity contribution in [2.75, 3.05) is 14.2 Å². The van der Waals surface area contributed by atoms with Gasteiger partial charge in [0.1, 0.15) is 0 Å². The predicted molar refractivity (Wildman–Crippen MR) is 109 cm³/mol. The number of sulfonamides is 1. The van der Waals surface area contributed by atoms with E-state index < -0.39 is 16.1 Å². The summed E-state index contributed by atoms with van der Waals surface area (Å²) in [7, 11) is -0.829. The molecular formula is C22H23NO4S. The maximum Gasteiger partial charge on any atom is 0.241 e. The fraction of sp³-hybridized carbons (Fsp3) is 0.182. The Morgan fingerprint density at radius 1 is 0.786 bits per heavy atom. The normalized spacial score (nSPS) is 12.4. The molecule has 3 rings (SSSR count). The average Bonchev–Trinajstić information content (AvgIpc) is 2.73. The monoisotopic (exact) mass is 397 g/mol. The third-order valence-electron chi connectivity index (χ3n) is 4.48. The molecule has 0 saturated carbocycles. The van der Waals surface area contributed by atoms with Crippen molar-refractivity contribution >= 4 is 10.0 Å². The zero-order valence-electron chi connectivity index (χ0n) is 16.0. The van der Waals surface area contributed by atoms with E-state index in [1.165, 1.54) is 26.4 Å². The summed E-state index contributed by atoms with van der Waals surface area (Å²) in [6, 6.07) is 21.3. The highest BCUT2D eigenvalue weighted by atomic mass is 32.2. The van der Waals surface area contributed by atoms with Crippen LogP contribution in [0.1, 0.15) is 22.7 Å². The highest BCUT2D eigenvalue weighted by Gasteiger charge is 2.24. The van der Waals surface area contributed by atoms with Crippen LogP contribution in [0.25, 0.3) is 0 Å². The quantitative estimate of drug-likeness (QED) is 0.652. The van der Waals surface area contributed by atoms with Crippen molar-refractivity contribution in [2.24, 2.45) is 0 Å². The first-order valence-electron chi connectivity index (χ1n) is 8.80. The fourth-order valence-electron chi connectivity index (χ4n) is 2.94. The van der Waals surface area contributed by atoms with Crippen LogP contribution >= 0.6 is 0 Å². The highest BCUT2D eigenvalue weighted by Crippen LogP contribution is 2.31. The molecule has 1 N–H and O–H groups in total. The van der Waals surface area contributed by atoms with Crippen molar-refractivity contribution in [1.82, 2.24) is 4.72 Å². The van der Waals surface area contributed by atoms with E-state index in [2.05, 4.69) is 4.72 Å². The second-order valence-corrected chi connectivity index (χ2v) is 8.11. The first-order chi connectivity index (χ1) is 13.4. The summed E-state index contributed by atoms with van der Waals surface area (Å²) in [5.41, 5.74) is 2.83. The van der Waals surface area contributed by atoms with E-state index in [1.54, 1.807) is 6.07 Å². The molecule has 0 bridgehead atoms. The molecule has 28 heavy (non-hydrogen) atoms. The molecule has 3 aromatic rings. The van der Waals surface area contributed by atoms with Gasteiger partial charge in [-0.15, -0.1) is 0 Å². The molecule has 0 aromatic heterocycles. The van der Waals surface area contributed by atoms with Crippen LogP contribution in [0.5, 0.6) is 11.5 Å². The summed E-state index contributed by atoms with van der Waals surface area (Å²) >= 11 is 0. The number of benzene rings is 3. The molecule has 0 unspecified atom stereocenters. The topological polar surface area (TPSA) is 64.6 Å². The zero-order valence-corrected chi connectivity index (χ0v) is 16.9. The highest BCUT2D eigenvalue weighted by molar-refractivity contribution is 7.89. The Labute approximate surface area is 166 Å². The lowest BCUT2D eigenvalue weighted by Crippen LogP contribution is -2.29. The van der Waals surface area contributed by atoms with Crippen molar-refractivity contribution in [3.05, 3.63) is 89.5 Å². The average molecular weight is 397 g/mol. The molecule has 0 aliphatic heterocycles. The van der Waals surface area contributed by atoms with E-state index in [0.717, 1.165) is 16.7 Å². The Morgan fingerprint density at radius 2 is 1.39 bits per heavy atom. The molecule has 1 atom stereocenters. The van der Waals surface area contributed by atoms with Crippen LogP contribution in [-0.4, -0.2) is 22.6 Å². The molecule has 0 radical (unpaired) electrons. The lowest BCUT2D eigenvalue weighted by atomic mass is 9.99. The second kappa shape index (κ2) is 8.46. The third-order valence-corrected chi connectivity index (χ3v) is 5.90. The van der Waals surface area contributed by atoms with Gasteiger partial charge in [-0.2, -0.15) is 4.72 Å². The summed E-state index contributed by atoms with van der Waals surface area (Å²) < 4.78 is 39.5. The molecule has 0 amide bonds. The minimum Gasteiger partial charge on any atom is -0.493 e. The van der Waals surface area contributed by atoms with Gasteiger partial charge < -0.3 is 9.47 Å². The Bertz CT molecular complexity index is 1030. The number of hydrogen-bond acceptors (Lipinski definition) is 4. The number of rotatable bonds is 7. The minimum absolute atomic E-state index is 0.109. The Hall–Kier alpha value is -2.83. The van der Waals surface area contributed by atoms with E-state index in [0.29, 0.717) is 11.5 Å². The molecule has 0 aliphatic rings. The summed E-state index contributed by atoms with van der Waals surface area (Å²) in [5, 5.41) is 0. The van der Waals surface area contributed by atoms with E-state index in [1.807, 2.05) is 61.5 Å². The van der Waals surface area contributed by atoms with Crippen molar-refractivity contribution < 1.29 is 17.9 Å². The maximum absolute atomic E-state index is 13.1. The lowest BCUT2D eigenvalue weighted by Gasteiger charge is -2.20. The summed E-state index contributed by atoms with van der Waals surface area (Å²) in [6.07, 6.45) is 0. The van der Waals surface area contributed by atoms with Gasteiger partial charge in [-0.1, -0.05) is 60.2 Å². The largest absolute Gasteiger partial charge is 0.493 e. The van der Waals surface area contributed by atoms with Crippen LogP contribution in [0.4, 0.5) is 0 Å². The van der Waals surface area contributed by atoms with E-state index in [4.69, 9.17) is 9.47 Å². The van der Waals surface area contributed by atoms with Crippen molar-refractivity contribution in [1.29, 1.82) is 0 Å². The number of methoxy groups -OCH3 is 2. The van der Waals surface area contributed by atoms with Crippen molar-refractivity contribution in [3.8, 4) is 11.5 Å². The van der Waals surface area contributed by atoms with Crippen LogP contribution in [-0.2, 0) is 10.0 Å². The van der Waals surface area contributed by atoms with Gasteiger partial charge in [-0.25, -0.2) is 8.42 Å². The maximum atomic E-state index is 13.1. The van der Waals surface area contributed by atoms with Crippen LogP contribution < -0.4 is 14.2 Å². The molecule has 0 saturated heterocycles. The van der Waals surface area contributed by atoms with Crippen molar-refractivity contribution in [3.63, 3.8) is 0 Å². The van der Waals surface area contributed by atoms with Crippen molar-refractivity contribution in [2.45, 2.75) is 17.9 Å². The predicted octanol–water partition coefficient (Wildman–Crippen LogP) is 4.08. The van der Waals surface area contributed by atoms with Crippen LogP contribution in [0, 0.1) is 6.92 Å². The molecule has 5 nitrogen and oxygen atoms in total. The number of aryl methyl sites for hydroxylation is 1. The Kier molecular flexibility index (Phi) is 6.02. The van der Waals surface area contributed by atoms with E-state index >= 15 is 0 Å². The van der Waals surface area contributed by atoms with E-state index in [-0.39, 0.29) is 4.90 Å². The molecule has 146 valence electrons. The minimum atomic E-state index is -3.81. The molecule has 0 heterocycles. The van der Waals surface area contributed by atoms with Gasteiger partial charge in [0, 0.05) is 6.07 Å². The molecular weight excluding hydrogens is 374 g/mol. The van der Waals surface area contributed by atoms with Crippen LogP contribution in [0.2, 0.25) is 0 Å². The Morgan fingerprint density at radius 3 is 2.00 bits per heavy atom. The first-order valence-corrected chi connectivity index (χ1v) is 10.3. The zero-order chi connectivity index (χ0) is 20.1. The van der Waals surface area contributed by atoms with Gasteiger partial charge in [0.2, 0.25) is 10.0 Å². The number of hydrogen-bond donors (Lipinski definition) is 1. The molecule has 0 spiro atoms. The Balaban J connectivity index is 2.01. The van der Waals surface area contributed by atoms with Crippen LogP contribution in [0.3, 0.4) is 0 Å². The summed E-state index contributed by atoms with van der Waals surface area (Å²) in [4.78, 5) is 0.109. The van der Waals surface area contributed by atoms with Gasteiger partial charge in [-0.3, -0.25) is 0 Å². The molecule has 0 fully saturated rings. The second-order valence-electron chi connectivity index (χ2n) is 6.39. The smallest absolute Gasteiger partial charge is 0.241 e. The standard InChI is InChI=1S/C22H23NO4S/c1-16-9-11-18(12-10-16)22(17-7-5-4-6-8-17)23-28(24,25)19-13-14-20(26-2)21(15-19)27-3/h4-15,22-23H,1-3H3/t22-/m1/s1. The lowest BCUT2D eigenvalue weighted by molar-refractivity contribution is 0.354. The molecule has 6 heteroatoms. The molecule has 3 aromatic carbocycles. The summed E-state index contributed by atoms with van der Waals surface area (Å²) in [6.45, 7) is 2.00. The van der Waals surface area contributed by atoms with Gasteiger partial charge in [-0.05, 0) is 30.2 Å². The molecule has 0 aliphatic carbocycles. The van der Waals surface area contributed by atoms with Gasteiger partial charge in [0.15, 0.2) is 11.5 Å². The van der Waals surface area contributed by atoms with Crippen LogP contribution in [0.15, 0.2) is 77.7 Å². The number of nitrogens with one attached hydrogen (secondary N) is 1. The summed E-state index contributed by atoms with van der Waals surface area (Å²) in [5.74, 6) is 0.830. The third kappa shape index (κ3) is 4.35. The van der Waals surface area contributed by atoms with Gasteiger partial charge in [0.05, 0.1) is 25.2 Å². The van der Waals surface area contributed by atoms with Gasteiger partial charge in [0.25, 0.3) is 0 Å². The number of ether oxygens (including phenoxy) is 2.